The summed E-state index contributed by atoms with van der Waals surface area (Å²) in [5, 5.41) is -0.431. The Morgan fingerprint density at radius 2 is 1.68 bits per heavy atom. The first-order valence-corrected chi connectivity index (χ1v) is 10.7. The van der Waals surface area contributed by atoms with E-state index in [1.165, 1.54) is 0 Å². The molecule has 2 fully saturated rings. The molecular formula is C18H18BrNO4S. The highest BCUT2D eigenvalue weighted by molar-refractivity contribution is 9.10. The van der Waals surface area contributed by atoms with Gasteiger partial charge >= 0.3 is 0 Å². The SMILES string of the molecule is O=C(c1ccc(Br)o1)N1[C@@H]2CC[C@@H]1CC(S(=O)(=O)c1ccccc1)C2. The van der Waals surface area contributed by atoms with Crippen LogP contribution < -0.4 is 0 Å². The van der Waals surface area contributed by atoms with Gasteiger partial charge in [-0.2, -0.15) is 0 Å². The second-order valence-electron chi connectivity index (χ2n) is 6.65. The quantitative estimate of drug-likeness (QED) is 0.755. The van der Waals surface area contributed by atoms with Crippen LogP contribution in [0, 0.1) is 0 Å². The van der Waals surface area contributed by atoms with E-state index in [0.29, 0.717) is 28.2 Å². The molecule has 0 radical (unpaired) electrons. The van der Waals surface area contributed by atoms with Crippen LogP contribution >= 0.6 is 15.9 Å². The Hall–Kier alpha value is -1.60. The molecule has 1 amide bonds. The minimum absolute atomic E-state index is 0.0430. The van der Waals surface area contributed by atoms with Crippen LogP contribution in [-0.2, 0) is 9.84 Å². The van der Waals surface area contributed by atoms with Crippen molar-refractivity contribution in [2.45, 2.75) is 47.9 Å². The molecule has 2 bridgehead atoms. The van der Waals surface area contributed by atoms with Crippen molar-refractivity contribution in [3.05, 3.63) is 52.9 Å². The minimum Gasteiger partial charge on any atom is -0.444 e. The van der Waals surface area contributed by atoms with E-state index in [2.05, 4.69) is 15.9 Å². The zero-order valence-electron chi connectivity index (χ0n) is 13.5. The van der Waals surface area contributed by atoms with E-state index < -0.39 is 15.1 Å². The van der Waals surface area contributed by atoms with Crippen LogP contribution in [0.4, 0.5) is 0 Å². The normalized spacial score (nSPS) is 26.0. The van der Waals surface area contributed by atoms with Crippen LogP contribution in [0.3, 0.4) is 0 Å². The Morgan fingerprint density at radius 3 is 2.24 bits per heavy atom. The molecular weight excluding hydrogens is 406 g/mol. The highest BCUT2D eigenvalue weighted by atomic mass is 79.9. The molecule has 4 rings (SSSR count). The smallest absolute Gasteiger partial charge is 0.290 e. The molecule has 0 unspecified atom stereocenters. The number of carbonyl (C=O) groups is 1. The van der Waals surface area contributed by atoms with Gasteiger partial charge in [-0.15, -0.1) is 0 Å². The molecule has 0 spiro atoms. The number of halogens is 1. The molecule has 132 valence electrons. The second-order valence-corrected chi connectivity index (χ2v) is 9.66. The summed E-state index contributed by atoms with van der Waals surface area (Å²) in [5.74, 6) is 0.155. The third-order valence-electron chi connectivity index (χ3n) is 5.22. The molecule has 2 aromatic rings. The minimum atomic E-state index is -3.37. The number of benzene rings is 1. The summed E-state index contributed by atoms with van der Waals surface area (Å²) in [6, 6.07) is 11.9. The summed E-state index contributed by atoms with van der Waals surface area (Å²) >= 11 is 3.22. The van der Waals surface area contributed by atoms with Gasteiger partial charge in [0.1, 0.15) is 0 Å². The molecule has 2 aliphatic rings. The van der Waals surface area contributed by atoms with Crippen molar-refractivity contribution in [1.29, 1.82) is 0 Å². The predicted molar refractivity (Wildman–Crippen MR) is 96.0 cm³/mol. The zero-order valence-corrected chi connectivity index (χ0v) is 15.9. The van der Waals surface area contributed by atoms with Crippen molar-refractivity contribution in [3.63, 3.8) is 0 Å². The predicted octanol–water partition coefficient (Wildman–Crippen LogP) is 3.65. The third kappa shape index (κ3) is 2.93. The van der Waals surface area contributed by atoms with Crippen LogP contribution in [0.1, 0.15) is 36.2 Å². The number of sulfone groups is 1. The molecule has 25 heavy (non-hydrogen) atoms. The van der Waals surface area contributed by atoms with E-state index in [1.54, 1.807) is 36.4 Å². The van der Waals surface area contributed by atoms with Crippen molar-refractivity contribution in [2.24, 2.45) is 0 Å². The maximum absolute atomic E-state index is 12.9. The van der Waals surface area contributed by atoms with E-state index in [-0.39, 0.29) is 18.0 Å². The Kier molecular flexibility index (Phi) is 4.24. The van der Waals surface area contributed by atoms with Gasteiger partial charge in [0.2, 0.25) is 0 Å². The van der Waals surface area contributed by atoms with Crippen molar-refractivity contribution in [3.8, 4) is 0 Å². The molecule has 5 nitrogen and oxygen atoms in total. The summed E-state index contributed by atoms with van der Waals surface area (Å²) in [7, 11) is -3.37. The average Bonchev–Trinajstić information content (AvgIpc) is 3.15. The Bertz CT molecular complexity index is 879. The molecule has 0 N–H and O–H groups in total. The number of hydrogen-bond acceptors (Lipinski definition) is 4. The van der Waals surface area contributed by atoms with Crippen LogP contribution in [-0.4, -0.2) is 36.6 Å². The van der Waals surface area contributed by atoms with Crippen molar-refractivity contribution in [1.82, 2.24) is 4.90 Å². The van der Waals surface area contributed by atoms with Gasteiger partial charge in [0.25, 0.3) is 5.91 Å². The van der Waals surface area contributed by atoms with Gasteiger partial charge in [0.15, 0.2) is 20.3 Å². The van der Waals surface area contributed by atoms with Gasteiger partial charge in [0.05, 0.1) is 10.1 Å². The fourth-order valence-electron chi connectivity index (χ4n) is 4.07. The topological polar surface area (TPSA) is 67.6 Å². The molecule has 3 heterocycles. The third-order valence-corrected chi connectivity index (χ3v) is 7.84. The lowest BCUT2D eigenvalue weighted by molar-refractivity contribution is 0.0564. The van der Waals surface area contributed by atoms with Gasteiger partial charge in [-0.3, -0.25) is 4.79 Å². The maximum atomic E-state index is 12.9. The van der Waals surface area contributed by atoms with E-state index >= 15 is 0 Å². The first-order valence-electron chi connectivity index (χ1n) is 8.34. The van der Waals surface area contributed by atoms with Crippen LogP contribution in [0.25, 0.3) is 0 Å². The number of rotatable bonds is 3. The summed E-state index contributed by atoms with van der Waals surface area (Å²) in [4.78, 5) is 15.0. The molecule has 1 aromatic carbocycles. The number of piperidine rings is 1. The van der Waals surface area contributed by atoms with Crippen LogP contribution in [0.5, 0.6) is 0 Å². The monoisotopic (exact) mass is 423 g/mol. The fourth-order valence-corrected chi connectivity index (χ4v) is 6.25. The lowest BCUT2D eigenvalue weighted by atomic mass is 10.0. The highest BCUT2D eigenvalue weighted by Crippen LogP contribution is 2.40. The molecule has 7 heteroatoms. The van der Waals surface area contributed by atoms with Crippen molar-refractivity contribution in [2.75, 3.05) is 0 Å². The Morgan fingerprint density at radius 1 is 1.04 bits per heavy atom. The molecule has 2 aliphatic heterocycles. The van der Waals surface area contributed by atoms with E-state index in [4.69, 9.17) is 4.42 Å². The van der Waals surface area contributed by atoms with Gasteiger partial charge in [-0.1, -0.05) is 18.2 Å². The summed E-state index contributed by atoms with van der Waals surface area (Å²) < 4.78 is 31.8. The van der Waals surface area contributed by atoms with Crippen molar-refractivity contribution >= 4 is 31.7 Å². The molecule has 0 saturated carbocycles. The summed E-state index contributed by atoms with van der Waals surface area (Å²) in [6.07, 6.45) is 2.67. The first-order chi connectivity index (χ1) is 12.0. The van der Waals surface area contributed by atoms with Gasteiger partial charge < -0.3 is 9.32 Å². The molecule has 2 saturated heterocycles. The second kappa shape index (κ2) is 6.29. The number of hydrogen-bond donors (Lipinski definition) is 0. The Labute approximate surface area is 155 Å². The zero-order chi connectivity index (χ0) is 17.6. The largest absolute Gasteiger partial charge is 0.444 e. The van der Waals surface area contributed by atoms with Gasteiger partial charge in [-0.25, -0.2) is 8.42 Å². The lowest BCUT2D eigenvalue weighted by Crippen LogP contribution is -2.49. The van der Waals surface area contributed by atoms with E-state index in [0.717, 1.165) is 12.8 Å². The van der Waals surface area contributed by atoms with Crippen LogP contribution in [0.2, 0.25) is 0 Å². The number of nitrogens with zero attached hydrogens (tertiary/aromatic N) is 1. The number of amides is 1. The lowest BCUT2D eigenvalue weighted by Gasteiger charge is -2.38. The van der Waals surface area contributed by atoms with Gasteiger partial charge in [-0.05, 0) is 65.9 Å². The first kappa shape index (κ1) is 16.8. The van der Waals surface area contributed by atoms with Gasteiger partial charge in [0, 0.05) is 12.1 Å². The molecule has 2 atom stereocenters. The van der Waals surface area contributed by atoms with Crippen LogP contribution in [0.15, 0.2) is 56.4 Å². The summed E-state index contributed by atoms with van der Waals surface area (Å²) in [5.41, 5.74) is 0. The number of carbonyl (C=O) groups excluding carboxylic acids is 1. The number of furan rings is 1. The standard InChI is InChI=1S/C18H18BrNO4S/c19-17-9-8-16(24-17)18(21)20-12-6-7-13(20)11-15(10-12)25(22,23)14-4-2-1-3-5-14/h1-5,8-9,12-13,15H,6-7,10-11H2/t12-,13-/m1/s1. The molecule has 1 aromatic heterocycles. The number of fused-ring (bicyclic) bond motifs is 2. The highest BCUT2D eigenvalue weighted by Gasteiger charge is 2.47. The Balaban J connectivity index is 1.57. The average molecular weight is 424 g/mol. The van der Waals surface area contributed by atoms with E-state index in [9.17, 15) is 13.2 Å². The van der Waals surface area contributed by atoms with Crippen molar-refractivity contribution < 1.29 is 17.6 Å². The fraction of sp³-hybridized carbons (Fsp3) is 0.389. The maximum Gasteiger partial charge on any atom is 0.290 e. The van der Waals surface area contributed by atoms with E-state index in [1.807, 2.05) is 11.0 Å². The molecule has 0 aliphatic carbocycles. The summed E-state index contributed by atoms with van der Waals surface area (Å²) in [6.45, 7) is 0.